The van der Waals surface area contributed by atoms with Gasteiger partial charge < -0.3 is 19.9 Å². The first-order chi connectivity index (χ1) is 11.2. The van der Waals surface area contributed by atoms with Crippen LogP contribution in [0.15, 0.2) is 24.3 Å². The molecular weight excluding hydrogens is 312 g/mol. The second kappa shape index (κ2) is 8.89. The highest BCUT2D eigenvalue weighted by Crippen LogP contribution is 2.08. The maximum atomic E-state index is 11.7. The number of carboxylic acid groups (broad SMARTS) is 1. The lowest BCUT2D eigenvalue weighted by atomic mass is 10.1. The van der Waals surface area contributed by atoms with Crippen LogP contribution in [0.2, 0.25) is 0 Å². The molecule has 0 saturated carbocycles. The third-order valence-electron chi connectivity index (χ3n) is 2.81. The number of nitrogens with zero attached hydrogens (tertiary/aromatic N) is 1. The Bertz CT molecular complexity index is 599. The molecule has 7 heteroatoms. The van der Waals surface area contributed by atoms with E-state index >= 15 is 0 Å². The molecule has 0 spiro atoms. The van der Waals surface area contributed by atoms with Gasteiger partial charge in [-0.15, -0.1) is 0 Å². The minimum Gasteiger partial charge on any atom is -0.481 e. The Hall–Kier alpha value is -2.59. The zero-order valence-corrected chi connectivity index (χ0v) is 14.0. The van der Waals surface area contributed by atoms with E-state index in [1.807, 2.05) is 6.07 Å². The number of ether oxygens (including phenoxy) is 2. The molecule has 0 aliphatic carbocycles. The summed E-state index contributed by atoms with van der Waals surface area (Å²) in [5.41, 5.74) is 0.732. The fourth-order valence-corrected chi connectivity index (χ4v) is 1.83. The number of nitrogens with one attached hydrogen (secondary N) is 1. The number of aliphatic carboxylic acids is 1. The third-order valence-corrected chi connectivity index (χ3v) is 2.81. The summed E-state index contributed by atoms with van der Waals surface area (Å²) < 4.78 is 10.6. The van der Waals surface area contributed by atoms with Crippen molar-refractivity contribution in [3.63, 3.8) is 0 Å². The normalized spacial score (nSPS) is 12.1. The molecule has 0 fully saturated rings. The zero-order chi connectivity index (χ0) is 18.2. The number of amides is 1. The molecule has 0 aromatic heterocycles. The van der Waals surface area contributed by atoms with Gasteiger partial charge in [0.25, 0.3) is 0 Å². The molecule has 0 radical (unpaired) electrons. The van der Waals surface area contributed by atoms with Crippen LogP contribution in [-0.2, 0) is 20.9 Å². The molecule has 2 N–H and O–H groups in total. The van der Waals surface area contributed by atoms with Crippen LogP contribution < -0.4 is 5.32 Å². The molecular formula is C17H22N2O5. The SMILES string of the molecule is CC(C)(C)OC(=O)N[C@@H](COCc1ccc(C#N)cc1)CC(=O)O. The molecule has 0 unspecified atom stereocenters. The Balaban J connectivity index is 2.51. The van der Waals surface area contributed by atoms with E-state index < -0.39 is 23.7 Å². The van der Waals surface area contributed by atoms with Crippen molar-refractivity contribution >= 4 is 12.1 Å². The van der Waals surface area contributed by atoms with Crippen LogP contribution in [0.4, 0.5) is 4.79 Å². The van der Waals surface area contributed by atoms with Gasteiger partial charge in [-0.2, -0.15) is 5.26 Å². The van der Waals surface area contributed by atoms with Gasteiger partial charge in [0.1, 0.15) is 5.60 Å². The molecule has 24 heavy (non-hydrogen) atoms. The highest BCUT2D eigenvalue weighted by atomic mass is 16.6. The number of nitriles is 1. The summed E-state index contributed by atoms with van der Waals surface area (Å²) in [6, 6.07) is 8.18. The average molecular weight is 334 g/mol. The quantitative estimate of drug-likeness (QED) is 0.793. The predicted molar refractivity (Wildman–Crippen MR) is 86.2 cm³/mol. The van der Waals surface area contributed by atoms with Crippen molar-refractivity contribution in [2.24, 2.45) is 0 Å². The van der Waals surface area contributed by atoms with Gasteiger partial charge in [-0.05, 0) is 38.5 Å². The Morgan fingerprint density at radius 2 is 1.92 bits per heavy atom. The van der Waals surface area contributed by atoms with E-state index in [2.05, 4.69) is 5.32 Å². The molecule has 0 heterocycles. The Kier molecular flexibility index (Phi) is 7.21. The first-order valence-electron chi connectivity index (χ1n) is 7.47. The molecule has 1 aromatic rings. The number of benzene rings is 1. The van der Waals surface area contributed by atoms with Crippen molar-refractivity contribution in [1.82, 2.24) is 5.32 Å². The molecule has 0 aliphatic rings. The van der Waals surface area contributed by atoms with Crippen LogP contribution in [0.3, 0.4) is 0 Å². The summed E-state index contributed by atoms with van der Waals surface area (Å²) in [4.78, 5) is 22.6. The monoisotopic (exact) mass is 334 g/mol. The number of carboxylic acids is 1. The number of carbonyl (C=O) groups is 2. The van der Waals surface area contributed by atoms with Crippen LogP contribution in [0.5, 0.6) is 0 Å². The standard InChI is InChI=1S/C17H22N2O5/c1-17(2,3)24-16(22)19-14(8-15(20)21)11-23-10-13-6-4-12(9-18)5-7-13/h4-7,14H,8,10-11H2,1-3H3,(H,19,22)(H,20,21)/t14-/m1/s1. The summed E-state index contributed by atoms with van der Waals surface area (Å²) in [7, 11) is 0. The summed E-state index contributed by atoms with van der Waals surface area (Å²) in [6.45, 7) is 5.45. The van der Waals surface area contributed by atoms with Crippen molar-refractivity contribution in [2.45, 2.75) is 45.4 Å². The molecule has 1 aromatic carbocycles. The predicted octanol–water partition coefficient (Wildman–Crippen LogP) is 2.44. The summed E-state index contributed by atoms with van der Waals surface area (Å²) in [5.74, 6) is -1.04. The summed E-state index contributed by atoms with van der Waals surface area (Å²) in [6.07, 6.45) is -0.956. The van der Waals surface area contributed by atoms with Crippen molar-refractivity contribution in [3.8, 4) is 6.07 Å². The van der Waals surface area contributed by atoms with Gasteiger partial charge in [-0.1, -0.05) is 12.1 Å². The second-order valence-electron chi connectivity index (χ2n) is 6.26. The summed E-state index contributed by atoms with van der Waals surface area (Å²) >= 11 is 0. The van der Waals surface area contributed by atoms with Gasteiger partial charge in [-0.25, -0.2) is 4.79 Å². The highest BCUT2D eigenvalue weighted by molar-refractivity contribution is 5.71. The van der Waals surface area contributed by atoms with Crippen LogP contribution in [0.25, 0.3) is 0 Å². The molecule has 0 bridgehead atoms. The van der Waals surface area contributed by atoms with E-state index in [1.54, 1.807) is 45.0 Å². The lowest BCUT2D eigenvalue weighted by Crippen LogP contribution is -2.42. The van der Waals surface area contributed by atoms with E-state index in [-0.39, 0.29) is 19.6 Å². The maximum Gasteiger partial charge on any atom is 0.407 e. The fraction of sp³-hybridized carbons (Fsp3) is 0.471. The third kappa shape index (κ3) is 8.15. The molecule has 130 valence electrons. The first-order valence-corrected chi connectivity index (χ1v) is 7.47. The Morgan fingerprint density at radius 1 is 1.29 bits per heavy atom. The lowest BCUT2D eigenvalue weighted by Gasteiger charge is -2.23. The molecule has 7 nitrogen and oxygen atoms in total. The van der Waals surface area contributed by atoms with Crippen LogP contribution in [0, 0.1) is 11.3 Å². The highest BCUT2D eigenvalue weighted by Gasteiger charge is 2.21. The first kappa shape index (κ1) is 19.5. The van der Waals surface area contributed by atoms with E-state index in [1.165, 1.54) is 0 Å². The topological polar surface area (TPSA) is 109 Å². The van der Waals surface area contributed by atoms with Crippen LogP contribution in [0.1, 0.15) is 38.3 Å². The number of rotatable bonds is 7. The average Bonchev–Trinajstić information content (AvgIpc) is 2.45. The lowest BCUT2D eigenvalue weighted by molar-refractivity contribution is -0.137. The minimum atomic E-state index is -1.04. The smallest absolute Gasteiger partial charge is 0.407 e. The molecule has 0 aliphatic heterocycles. The maximum absolute atomic E-state index is 11.7. The van der Waals surface area contributed by atoms with Crippen molar-refractivity contribution < 1.29 is 24.2 Å². The van der Waals surface area contributed by atoms with Gasteiger partial charge in [0.15, 0.2) is 0 Å². The molecule has 1 rings (SSSR count). The number of alkyl carbamates (subject to hydrolysis) is 1. The van der Waals surface area contributed by atoms with Gasteiger partial charge in [0.2, 0.25) is 0 Å². The fourth-order valence-electron chi connectivity index (χ4n) is 1.83. The van der Waals surface area contributed by atoms with E-state index in [0.717, 1.165) is 5.56 Å². The second-order valence-corrected chi connectivity index (χ2v) is 6.26. The van der Waals surface area contributed by atoms with Gasteiger partial charge in [-0.3, -0.25) is 4.79 Å². The Morgan fingerprint density at radius 3 is 2.42 bits per heavy atom. The van der Waals surface area contributed by atoms with Crippen LogP contribution in [-0.4, -0.2) is 35.4 Å². The number of hydrogen-bond donors (Lipinski definition) is 2. The van der Waals surface area contributed by atoms with E-state index in [4.69, 9.17) is 19.8 Å². The van der Waals surface area contributed by atoms with Crippen LogP contribution >= 0.6 is 0 Å². The van der Waals surface area contributed by atoms with Gasteiger partial charge in [0.05, 0.1) is 37.3 Å². The minimum absolute atomic E-state index is 0.0333. The van der Waals surface area contributed by atoms with E-state index in [0.29, 0.717) is 5.56 Å². The largest absolute Gasteiger partial charge is 0.481 e. The number of carbonyl (C=O) groups excluding carboxylic acids is 1. The summed E-state index contributed by atoms with van der Waals surface area (Å²) in [5, 5.41) is 20.2. The number of hydrogen-bond acceptors (Lipinski definition) is 5. The van der Waals surface area contributed by atoms with Crippen molar-refractivity contribution in [3.05, 3.63) is 35.4 Å². The van der Waals surface area contributed by atoms with Gasteiger partial charge >= 0.3 is 12.1 Å². The van der Waals surface area contributed by atoms with Crippen molar-refractivity contribution in [2.75, 3.05) is 6.61 Å². The Labute approximate surface area is 141 Å². The van der Waals surface area contributed by atoms with Crippen molar-refractivity contribution in [1.29, 1.82) is 5.26 Å². The van der Waals surface area contributed by atoms with Gasteiger partial charge in [0, 0.05) is 0 Å². The zero-order valence-electron chi connectivity index (χ0n) is 14.0. The van der Waals surface area contributed by atoms with E-state index in [9.17, 15) is 9.59 Å². The molecule has 0 saturated heterocycles. The molecule has 1 amide bonds. The molecule has 1 atom stereocenters.